The van der Waals surface area contributed by atoms with E-state index in [1.54, 1.807) is 24.3 Å². The predicted octanol–water partition coefficient (Wildman–Crippen LogP) is 4.46. The van der Waals surface area contributed by atoms with Crippen LogP contribution in [0.2, 0.25) is 5.02 Å². The van der Waals surface area contributed by atoms with E-state index in [9.17, 15) is 9.50 Å². The highest BCUT2D eigenvalue weighted by molar-refractivity contribution is 6.36. The van der Waals surface area contributed by atoms with E-state index in [1.807, 2.05) is 4.90 Å². The van der Waals surface area contributed by atoms with Gasteiger partial charge in [-0.25, -0.2) is 18.7 Å². The van der Waals surface area contributed by atoms with Gasteiger partial charge in [0.1, 0.15) is 23.1 Å². The maximum absolute atomic E-state index is 16.5. The molecule has 210 valence electrons. The zero-order valence-electron chi connectivity index (χ0n) is 22.5. The summed E-state index contributed by atoms with van der Waals surface area (Å²) in [5.41, 5.74) is -0.109. The van der Waals surface area contributed by atoms with Gasteiger partial charge in [-0.15, -0.1) is 10.2 Å². The number of nitrogens with zero attached hydrogens (tertiary/aromatic N) is 6. The standard InChI is InChI=1S/C30H28ClF2N7O/c1-17-15-39(11-9-34-17)29-28-27(35-23(36-29)6-8-30-7-3-10-40(30)16-19(32)14-30)25(33)26(37-38-28)21-13-20(41)12-18-4-2-5-22(31)24(18)21/h2,4-5,12-13,17,19,34,41H,3,7,9-11,14-16H2,1H3/t17-,19+,30+/m0/s1. The molecule has 41 heavy (non-hydrogen) atoms. The fourth-order valence-corrected chi connectivity index (χ4v) is 6.82. The number of anilines is 1. The molecular formula is C30H28ClF2N7O. The van der Waals surface area contributed by atoms with Crippen molar-refractivity contribution in [3.8, 4) is 28.8 Å². The molecule has 7 rings (SSSR count). The van der Waals surface area contributed by atoms with Crippen LogP contribution in [0.25, 0.3) is 33.1 Å². The number of rotatable bonds is 2. The first kappa shape index (κ1) is 26.3. The van der Waals surface area contributed by atoms with Crippen LogP contribution in [-0.2, 0) is 0 Å². The fraction of sp³-hybridized carbons (Fsp3) is 0.400. The molecule has 0 aliphatic carbocycles. The van der Waals surface area contributed by atoms with Crippen molar-refractivity contribution in [1.82, 2.24) is 30.4 Å². The summed E-state index contributed by atoms with van der Waals surface area (Å²) in [7, 11) is 0. The van der Waals surface area contributed by atoms with E-state index in [0.29, 0.717) is 53.2 Å². The highest BCUT2D eigenvalue weighted by Crippen LogP contribution is 2.40. The van der Waals surface area contributed by atoms with Crippen LogP contribution < -0.4 is 10.2 Å². The zero-order chi connectivity index (χ0) is 28.3. The van der Waals surface area contributed by atoms with Crippen LogP contribution in [0.5, 0.6) is 5.75 Å². The molecule has 4 aromatic rings. The molecule has 0 saturated carbocycles. The molecule has 0 unspecified atom stereocenters. The third-order valence-corrected chi connectivity index (χ3v) is 8.69. The maximum atomic E-state index is 16.5. The first-order valence-corrected chi connectivity index (χ1v) is 14.3. The third-order valence-electron chi connectivity index (χ3n) is 8.37. The molecule has 2 N–H and O–H groups in total. The second-order valence-electron chi connectivity index (χ2n) is 11.2. The van der Waals surface area contributed by atoms with Gasteiger partial charge in [0.05, 0.1) is 5.54 Å². The van der Waals surface area contributed by atoms with Crippen molar-refractivity contribution in [2.24, 2.45) is 0 Å². The van der Waals surface area contributed by atoms with E-state index in [4.69, 9.17) is 16.6 Å². The summed E-state index contributed by atoms with van der Waals surface area (Å²) in [6, 6.07) is 8.42. The molecule has 0 bridgehead atoms. The van der Waals surface area contributed by atoms with Crippen LogP contribution in [0.3, 0.4) is 0 Å². The topological polar surface area (TPSA) is 90.3 Å². The van der Waals surface area contributed by atoms with Crippen LogP contribution in [0.4, 0.5) is 14.6 Å². The number of halogens is 3. The van der Waals surface area contributed by atoms with Gasteiger partial charge in [-0.05, 0) is 55.8 Å². The number of aromatic nitrogens is 4. The lowest BCUT2D eigenvalue weighted by Crippen LogP contribution is -2.49. The number of piperazine rings is 1. The molecule has 8 nitrogen and oxygen atoms in total. The van der Waals surface area contributed by atoms with Gasteiger partial charge < -0.3 is 15.3 Å². The molecule has 3 fully saturated rings. The second-order valence-corrected chi connectivity index (χ2v) is 11.6. The second kappa shape index (κ2) is 10.0. The van der Waals surface area contributed by atoms with Gasteiger partial charge in [0.15, 0.2) is 17.2 Å². The van der Waals surface area contributed by atoms with Gasteiger partial charge in [0.25, 0.3) is 0 Å². The highest BCUT2D eigenvalue weighted by Gasteiger charge is 2.47. The molecule has 3 saturated heterocycles. The Kier molecular flexibility index (Phi) is 6.41. The van der Waals surface area contributed by atoms with Gasteiger partial charge >= 0.3 is 0 Å². The first-order chi connectivity index (χ1) is 19.8. The summed E-state index contributed by atoms with van der Waals surface area (Å²) in [6.45, 7) is 5.27. The van der Waals surface area contributed by atoms with Gasteiger partial charge in [-0.3, -0.25) is 4.90 Å². The maximum Gasteiger partial charge on any atom is 0.207 e. The Morgan fingerprint density at radius 1 is 1.15 bits per heavy atom. The lowest BCUT2D eigenvalue weighted by atomic mass is 9.94. The minimum Gasteiger partial charge on any atom is -0.508 e. The summed E-state index contributed by atoms with van der Waals surface area (Å²) in [5.74, 6) is 6.22. The Bertz CT molecular complexity index is 1760. The van der Waals surface area contributed by atoms with E-state index in [1.165, 1.54) is 6.07 Å². The lowest BCUT2D eigenvalue weighted by Gasteiger charge is -2.33. The number of phenols is 1. The van der Waals surface area contributed by atoms with E-state index >= 15 is 4.39 Å². The average Bonchev–Trinajstić information content (AvgIpc) is 3.47. The summed E-state index contributed by atoms with van der Waals surface area (Å²) >= 11 is 6.52. The van der Waals surface area contributed by atoms with E-state index in [-0.39, 0.29) is 34.3 Å². The molecule has 2 aromatic heterocycles. The van der Waals surface area contributed by atoms with E-state index < -0.39 is 17.5 Å². The Labute approximate surface area is 240 Å². The Balaban J connectivity index is 1.42. The van der Waals surface area contributed by atoms with Crippen molar-refractivity contribution in [2.45, 2.75) is 43.9 Å². The van der Waals surface area contributed by atoms with Crippen LogP contribution in [0, 0.1) is 17.7 Å². The van der Waals surface area contributed by atoms with E-state index in [2.05, 4.69) is 44.2 Å². The molecule has 0 radical (unpaired) electrons. The van der Waals surface area contributed by atoms with Crippen molar-refractivity contribution in [2.75, 3.05) is 37.6 Å². The molecule has 2 aromatic carbocycles. The minimum absolute atomic E-state index is 0.0189. The third kappa shape index (κ3) is 4.53. The highest BCUT2D eigenvalue weighted by atomic mass is 35.5. The summed E-state index contributed by atoms with van der Waals surface area (Å²) in [5, 5.41) is 24.1. The molecule has 3 aliphatic heterocycles. The molecule has 5 heterocycles. The summed E-state index contributed by atoms with van der Waals surface area (Å²) < 4.78 is 30.9. The normalized spacial score (nSPS) is 24.5. The largest absolute Gasteiger partial charge is 0.508 e. The number of fused-ring (bicyclic) bond motifs is 3. The van der Waals surface area contributed by atoms with Crippen LogP contribution in [-0.4, -0.2) is 80.6 Å². The van der Waals surface area contributed by atoms with Gasteiger partial charge in [-0.2, -0.15) is 0 Å². The van der Waals surface area contributed by atoms with Crippen molar-refractivity contribution in [3.63, 3.8) is 0 Å². The number of alkyl halides is 1. The number of aromatic hydroxyl groups is 1. The fourth-order valence-electron chi connectivity index (χ4n) is 6.54. The number of hydrogen-bond donors (Lipinski definition) is 2. The average molecular weight is 576 g/mol. The van der Waals surface area contributed by atoms with E-state index in [0.717, 1.165) is 25.9 Å². The quantitative estimate of drug-likeness (QED) is 0.339. The Hall–Kier alpha value is -3.65. The van der Waals surface area contributed by atoms with Gasteiger partial charge in [0.2, 0.25) is 5.82 Å². The molecule has 0 spiro atoms. The molecule has 3 atom stereocenters. The Morgan fingerprint density at radius 3 is 2.88 bits per heavy atom. The van der Waals surface area contributed by atoms with Crippen molar-refractivity contribution >= 4 is 39.2 Å². The number of benzene rings is 2. The van der Waals surface area contributed by atoms with Gasteiger partial charge in [-0.1, -0.05) is 29.7 Å². The summed E-state index contributed by atoms with van der Waals surface area (Å²) in [4.78, 5) is 13.4. The first-order valence-electron chi connectivity index (χ1n) is 13.9. The predicted molar refractivity (Wildman–Crippen MR) is 154 cm³/mol. The Morgan fingerprint density at radius 2 is 2.02 bits per heavy atom. The molecule has 0 amide bonds. The van der Waals surface area contributed by atoms with Gasteiger partial charge in [0, 0.05) is 54.6 Å². The van der Waals surface area contributed by atoms with Crippen LogP contribution >= 0.6 is 11.6 Å². The molecular weight excluding hydrogens is 548 g/mol. The SMILES string of the molecule is C[C@H]1CN(c2nc(C#C[C@@]34CCCN3C[C@H](F)C4)nc3c(F)c(-c4cc(O)cc5cccc(Cl)c45)nnc23)CCN1. The number of nitrogens with one attached hydrogen (secondary N) is 1. The molecule has 11 heteroatoms. The van der Waals surface area contributed by atoms with Crippen molar-refractivity contribution in [3.05, 3.63) is 47.0 Å². The smallest absolute Gasteiger partial charge is 0.207 e. The molecule has 3 aliphatic rings. The number of phenolic OH excluding ortho intramolecular Hbond substituents is 1. The lowest BCUT2D eigenvalue weighted by molar-refractivity contribution is 0.255. The van der Waals surface area contributed by atoms with Crippen molar-refractivity contribution in [1.29, 1.82) is 0 Å². The monoisotopic (exact) mass is 575 g/mol. The van der Waals surface area contributed by atoms with Crippen molar-refractivity contribution < 1.29 is 13.9 Å². The zero-order valence-corrected chi connectivity index (χ0v) is 23.2. The van der Waals surface area contributed by atoms with Crippen LogP contribution in [0.15, 0.2) is 30.3 Å². The summed E-state index contributed by atoms with van der Waals surface area (Å²) in [6.07, 6.45) is 1.17. The number of hydrogen-bond acceptors (Lipinski definition) is 8. The minimum atomic E-state index is -0.917. The van der Waals surface area contributed by atoms with Crippen LogP contribution in [0.1, 0.15) is 32.0 Å².